The highest BCUT2D eigenvalue weighted by molar-refractivity contribution is 6.17. The molecule has 0 fully saturated rings. The van der Waals surface area contributed by atoms with Crippen LogP contribution in [0.15, 0.2) is 12.1 Å². The van der Waals surface area contributed by atoms with E-state index in [2.05, 4.69) is 4.98 Å². The van der Waals surface area contributed by atoms with E-state index in [4.69, 9.17) is 16.3 Å². The number of hydrogen-bond acceptors (Lipinski definition) is 2. The average Bonchev–Trinajstić information content (AvgIpc) is 2.24. The molecule has 0 bridgehead atoms. The van der Waals surface area contributed by atoms with Gasteiger partial charge in [0, 0.05) is 17.4 Å². The van der Waals surface area contributed by atoms with Gasteiger partial charge in [-0.25, -0.2) is 13.8 Å². The minimum absolute atomic E-state index is 0.176. The largest absolute Gasteiger partial charge is 0.472 e. The Hall–Kier alpha value is -0.900. The Morgan fingerprint density at radius 2 is 2.00 bits per heavy atom. The molecule has 1 rings (SSSR count). The van der Waals surface area contributed by atoms with Crippen LogP contribution in [-0.2, 0) is 11.3 Å². The molecule has 1 aromatic rings. The van der Waals surface area contributed by atoms with E-state index < -0.39 is 13.0 Å². The van der Waals surface area contributed by atoms with E-state index in [9.17, 15) is 8.78 Å². The summed E-state index contributed by atoms with van der Waals surface area (Å²) in [5.74, 6) is 0.504. The Morgan fingerprint density at radius 3 is 2.47 bits per heavy atom. The van der Waals surface area contributed by atoms with E-state index in [-0.39, 0.29) is 11.3 Å². The fourth-order valence-electron chi connectivity index (χ4n) is 1.24. The predicted molar refractivity (Wildman–Crippen MR) is 64.0 cm³/mol. The van der Waals surface area contributed by atoms with Gasteiger partial charge in [-0.1, -0.05) is 20.8 Å². The van der Waals surface area contributed by atoms with Gasteiger partial charge in [0.2, 0.25) is 5.88 Å². The summed E-state index contributed by atoms with van der Waals surface area (Å²) in [5, 5.41) is 0. The lowest BCUT2D eigenvalue weighted by Gasteiger charge is -2.19. The molecule has 0 spiro atoms. The smallest absolute Gasteiger partial charge is 0.272 e. The summed E-state index contributed by atoms with van der Waals surface area (Å²) < 4.78 is 29.0. The Labute approximate surface area is 105 Å². The first-order chi connectivity index (χ1) is 7.82. The SMILES string of the molecule is CC(C)(C)c1cc(CCl)cc(OCC(F)F)n1. The summed E-state index contributed by atoms with van der Waals surface area (Å²) in [6.07, 6.45) is -2.51. The highest BCUT2D eigenvalue weighted by atomic mass is 35.5. The highest BCUT2D eigenvalue weighted by Gasteiger charge is 2.18. The molecule has 2 nitrogen and oxygen atoms in total. The van der Waals surface area contributed by atoms with Crippen LogP contribution in [0.25, 0.3) is 0 Å². The Morgan fingerprint density at radius 1 is 1.35 bits per heavy atom. The second-order valence-electron chi connectivity index (χ2n) is 4.78. The number of ether oxygens (including phenoxy) is 1. The molecule has 0 amide bonds. The maximum atomic E-state index is 12.1. The minimum Gasteiger partial charge on any atom is -0.472 e. The van der Waals surface area contributed by atoms with Gasteiger partial charge in [0.1, 0.15) is 0 Å². The third kappa shape index (κ3) is 4.46. The molecular formula is C12H16ClF2NO. The van der Waals surface area contributed by atoms with Crippen molar-refractivity contribution in [1.29, 1.82) is 0 Å². The van der Waals surface area contributed by atoms with Gasteiger partial charge in [-0.3, -0.25) is 0 Å². The average molecular weight is 264 g/mol. The van der Waals surface area contributed by atoms with Gasteiger partial charge in [0.25, 0.3) is 6.43 Å². The Bertz CT molecular complexity index is 377. The molecule has 0 unspecified atom stereocenters. The second-order valence-corrected chi connectivity index (χ2v) is 5.05. The second kappa shape index (κ2) is 5.63. The van der Waals surface area contributed by atoms with Gasteiger partial charge in [-0.15, -0.1) is 11.6 Å². The Balaban J connectivity index is 2.97. The van der Waals surface area contributed by atoms with Crippen LogP contribution in [0.4, 0.5) is 8.78 Å². The van der Waals surface area contributed by atoms with Crippen LogP contribution in [0.1, 0.15) is 32.0 Å². The van der Waals surface area contributed by atoms with Crippen molar-refractivity contribution in [3.05, 3.63) is 23.4 Å². The van der Waals surface area contributed by atoms with Crippen molar-refractivity contribution in [2.45, 2.75) is 38.5 Å². The van der Waals surface area contributed by atoms with Gasteiger partial charge in [0.05, 0.1) is 5.69 Å². The molecule has 0 saturated carbocycles. The van der Waals surface area contributed by atoms with Gasteiger partial charge in [-0.05, 0) is 11.6 Å². The zero-order valence-corrected chi connectivity index (χ0v) is 10.9. The molecule has 0 aliphatic rings. The summed E-state index contributed by atoms with van der Waals surface area (Å²) in [6.45, 7) is 5.32. The maximum Gasteiger partial charge on any atom is 0.272 e. The zero-order chi connectivity index (χ0) is 13.1. The molecule has 0 atom stereocenters. The van der Waals surface area contributed by atoms with Crippen LogP contribution in [0.2, 0.25) is 0 Å². The fourth-order valence-corrected chi connectivity index (χ4v) is 1.40. The molecule has 5 heteroatoms. The summed E-state index contributed by atoms with van der Waals surface area (Å²) in [4.78, 5) is 4.21. The standard InChI is InChI=1S/C12H16ClF2NO/c1-12(2,3)9-4-8(6-13)5-11(16-9)17-7-10(14)15/h4-5,10H,6-7H2,1-3H3. The van der Waals surface area contributed by atoms with E-state index >= 15 is 0 Å². The number of rotatable bonds is 4. The van der Waals surface area contributed by atoms with E-state index in [1.54, 1.807) is 6.07 Å². The van der Waals surface area contributed by atoms with Crippen molar-refractivity contribution < 1.29 is 13.5 Å². The third-order valence-corrected chi connectivity index (χ3v) is 2.45. The number of halogens is 3. The van der Waals surface area contributed by atoms with Crippen molar-refractivity contribution in [1.82, 2.24) is 4.98 Å². The van der Waals surface area contributed by atoms with Crippen LogP contribution >= 0.6 is 11.6 Å². The number of alkyl halides is 3. The summed E-state index contributed by atoms with van der Waals surface area (Å²) in [7, 11) is 0. The quantitative estimate of drug-likeness (QED) is 0.772. The zero-order valence-electron chi connectivity index (χ0n) is 10.1. The summed E-state index contributed by atoms with van der Waals surface area (Å²) in [6, 6.07) is 3.45. The van der Waals surface area contributed by atoms with Crippen LogP contribution in [0, 0.1) is 0 Å². The summed E-state index contributed by atoms with van der Waals surface area (Å²) in [5.41, 5.74) is 1.42. The molecule has 0 N–H and O–H groups in total. The van der Waals surface area contributed by atoms with Crippen molar-refractivity contribution in [2.24, 2.45) is 0 Å². The highest BCUT2D eigenvalue weighted by Crippen LogP contribution is 2.25. The molecule has 0 aromatic carbocycles. The van der Waals surface area contributed by atoms with Crippen LogP contribution in [-0.4, -0.2) is 18.0 Å². The van der Waals surface area contributed by atoms with Gasteiger partial charge < -0.3 is 4.74 Å². The first-order valence-electron chi connectivity index (χ1n) is 5.31. The predicted octanol–water partition coefficient (Wildman–Crippen LogP) is 3.76. The molecule has 0 saturated heterocycles. The first kappa shape index (κ1) is 14.2. The van der Waals surface area contributed by atoms with Crippen LogP contribution < -0.4 is 4.74 Å². The van der Waals surface area contributed by atoms with Crippen LogP contribution in [0.5, 0.6) is 5.88 Å². The lowest BCUT2D eigenvalue weighted by molar-refractivity contribution is 0.0793. The topological polar surface area (TPSA) is 22.1 Å². The fraction of sp³-hybridized carbons (Fsp3) is 0.583. The van der Waals surface area contributed by atoms with Gasteiger partial charge in [-0.2, -0.15) is 0 Å². The lowest BCUT2D eigenvalue weighted by atomic mass is 9.91. The minimum atomic E-state index is -2.51. The lowest BCUT2D eigenvalue weighted by Crippen LogP contribution is -2.16. The number of nitrogens with zero attached hydrogens (tertiary/aromatic N) is 1. The van der Waals surface area contributed by atoms with Crippen molar-refractivity contribution in [3.8, 4) is 5.88 Å². The van der Waals surface area contributed by atoms with Crippen LogP contribution in [0.3, 0.4) is 0 Å². The number of pyridine rings is 1. The molecule has 96 valence electrons. The molecule has 0 aliphatic heterocycles. The van der Waals surface area contributed by atoms with Gasteiger partial charge >= 0.3 is 0 Å². The molecular weight excluding hydrogens is 248 g/mol. The third-order valence-electron chi connectivity index (χ3n) is 2.14. The van der Waals surface area contributed by atoms with Crippen molar-refractivity contribution >= 4 is 11.6 Å². The van der Waals surface area contributed by atoms with Crippen molar-refractivity contribution in [2.75, 3.05) is 6.61 Å². The maximum absolute atomic E-state index is 12.1. The van der Waals surface area contributed by atoms with Gasteiger partial charge in [0.15, 0.2) is 6.61 Å². The van der Waals surface area contributed by atoms with E-state index in [1.807, 2.05) is 26.8 Å². The number of aromatic nitrogens is 1. The van der Waals surface area contributed by atoms with E-state index in [0.29, 0.717) is 5.88 Å². The van der Waals surface area contributed by atoms with Crippen molar-refractivity contribution in [3.63, 3.8) is 0 Å². The summed E-state index contributed by atoms with van der Waals surface area (Å²) >= 11 is 5.75. The Kier molecular flexibility index (Phi) is 4.69. The molecule has 1 aromatic heterocycles. The van der Waals surface area contributed by atoms with E-state index in [0.717, 1.165) is 11.3 Å². The monoisotopic (exact) mass is 263 g/mol. The first-order valence-corrected chi connectivity index (χ1v) is 5.84. The number of hydrogen-bond donors (Lipinski definition) is 0. The molecule has 0 aliphatic carbocycles. The van der Waals surface area contributed by atoms with E-state index in [1.165, 1.54) is 0 Å². The molecule has 17 heavy (non-hydrogen) atoms. The molecule has 0 radical (unpaired) electrons. The normalized spacial score (nSPS) is 11.9. The molecule has 1 heterocycles.